The van der Waals surface area contributed by atoms with E-state index in [9.17, 15) is 5.11 Å². The highest BCUT2D eigenvalue weighted by Gasteiger charge is 2.32. The standard InChI is InChI=1S/C25H27NO/c27-19-11-10-18-25(23-14-6-2-7-15-23,24-16-8-3-9-17-24)21-26-20-22-12-4-1-5-13-22/h1-17,26-27H,18-21H2/b11-10+. The van der Waals surface area contributed by atoms with E-state index < -0.39 is 0 Å². The molecule has 0 fully saturated rings. The van der Waals surface area contributed by atoms with Gasteiger partial charge in [0.1, 0.15) is 0 Å². The molecule has 0 saturated heterocycles. The molecule has 0 heterocycles. The average Bonchev–Trinajstić information content (AvgIpc) is 2.75. The summed E-state index contributed by atoms with van der Waals surface area (Å²) in [6.45, 7) is 1.70. The van der Waals surface area contributed by atoms with Gasteiger partial charge in [0.2, 0.25) is 0 Å². The van der Waals surface area contributed by atoms with Crippen LogP contribution in [-0.2, 0) is 12.0 Å². The van der Waals surface area contributed by atoms with E-state index in [1.807, 2.05) is 12.1 Å². The third-order valence-electron chi connectivity index (χ3n) is 4.99. The van der Waals surface area contributed by atoms with Crippen molar-refractivity contribution in [3.05, 3.63) is 120 Å². The highest BCUT2D eigenvalue weighted by molar-refractivity contribution is 5.41. The fourth-order valence-electron chi connectivity index (χ4n) is 3.57. The molecule has 3 aromatic carbocycles. The van der Waals surface area contributed by atoms with Crippen molar-refractivity contribution in [1.29, 1.82) is 0 Å². The maximum atomic E-state index is 9.23. The van der Waals surface area contributed by atoms with Crippen LogP contribution in [-0.4, -0.2) is 18.3 Å². The van der Waals surface area contributed by atoms with E-state index in [0.717, 1.165) is 19.5 Å². The Labute approximate surface area is 162 Å². The normalized spacial score (nSPS) is 11.7. The predicted molar refractivity (Wildman–Crippen MR) is 113 cm³/mol. The van der Waals surface area contributed by atoms with Gasteiger partial charge in [-0.15, -0.1) is 0 Å². The summed E-state index contributed by atoms with van der Waals surface area (Å²) in [6.07, 6.45) is 4.74. The summed E-state index contributed by atoms with van der Waals surface area (Å²) in [5.74, 6) is 0. The Bertz CT molecular complexity index is 773. The van der Waals surface area contributed by atoms with Crippen LogP contribution in [0.5, 0.6) is 0 Å². The van der Waals surface area contributed by atoms with E-state index >= 15 is 0 Å². The van der Waals surface area contributed by atoms with Gasteiger partial charge >= 0.3 is 0 Å². The first-order valence-corrected chi connectivity index (χ1v) is 9.47. The number of hydrogen-bond acceptors (Lipinski definition) is 2. The molecule has 2 N–H and O–H groups in total. The molecule has 0 atom stereocenters. The molecule has 0 spiro atoms. The Balaban J connectivity index is 1.93. The van der Waals surface area contributed by atoms with E-state index in [1.165, 1.54) is 16.7 Å². The molecule has 0 unspecified atom stereocenters. The molecule has 2 heteroatoms. The van der Waals surface area contributed by atoms with Crippen LogP contribution < -0.4 is 5.32 Å². The van der Waals surface area contributed by atoms with Crippen LogP contribution in [0.4, 0.5) is 0 Å². The fourth-order valence-corrected chi connectivity index (χ4v) is 3.57. The van der Waals surface area contributed by atoms with Crippen molar-refractivity contribution in [2.75, 3.05) is 13.2 Å². The molecule has 0 aliphatic heterocycles. The molecule has 138 valence electrons. The summed E-state index contributed by atoms with van der Waals surface area (Å²) in [5.41, 5.74) is 3.64. The molecular weight excluding hydrogens is 330 g/mol. The lowest BCUT2D eigenvalue weighted by Gasteiger charge is -2.35. The molecule has 2 nitrogen and oxygen atoms in total. The van der Waals surface area contributed by atoms with Crippen LogP contribution in [0.2, 0.25) is 0 Å². The minimum Gasteiger partial charge on any atom is -0.392 e. The lowest BCUT2D eigenvalue weighted by molar-refractivity contribution is 0.341. The summed E-state index contributed by atoms with van der Waals surface area (Å²) in [7, 11) is 0. The lowest BCUT2D eigenvalue weighted by atomic mass is 9.71. The molecule has 0 aliphatic carbocycles. The first-order chi connectivity index (χ1) is 13.3. The second-order valence-corrected chi connectivity index (χ2v) is 6.76. The number of benzene rings is 3. The third-order valence-corrected chi connectivity index (χ3v) is 4.99. The van der Waals surface area contributed by atoms with Gasteiger partial charge in [0.15, 0.2) is 0 Å². The van der Waals surface area contributed by atoms with E-state index in [-0.39, 0.29) is 12.0 Å². The minimum absolute atomic E-state index is 0.0666. The van der Waals surface area contributed by atoms with Crippen molar-refractivity contribution in [3.8, 4) is 0 Å². The molecule has 0 radical (unpaired) electrons. The number of hydrogen-bond donors (Lipinski definition) is 2. The van der Waals surface area contributed by atoms with Gasteiger partial charge in [-0.3, -0.25) is 0 Å². The average molecular weight is 357 g/mol. The van der Waals surface area contributed by atoms with Crippen LogP contribution in [0, 0.1) is 0 Å². The number of nitrogens with one attached hydrogen (secondary N) is 1. The van der Waals surface area contributed by atoms with Crippen LogP contribution in [0.25, 0.3) is 0 Å². The second kappa shape index (κ2) is 9.86. The molecule has 3 rings (SSSR count). The van der Waals surface area contributed by atoms with Crippen molar-refractivity contribution in [2.45, 2.75) is 18.4 Å². The second-order valence-electron chi connectivity index (χ2n) is 6.76. The highest BCUT2D eigenvalue weighted by atomic mass is 16.2. The highest BCUT2D eigenvalue weighted by Crippen LogP contribution is 2.35. The predicted octanol–water partition coefficient (Wildman–Crippen LogP) is 4.70. The van der Waals surface area contributed by atoms with Gasteiger partial charge in [-0.25, -0.2) is 0 Å². The first-order valence-electron chi connectivity index (χ1n) is 9.47. The summed E-state index contributed by atoms with van der Waals surface area (Å²) in [5, 5.41) is 12.9. The summed E-state index contributed by atoms with van der Waals surface area (Å²) in [6, 6.07) is 31.8. The maximum absolute atomic E-state index is 9.23. The zero-order chi connectivity index (χ0) is 18.8. The monoisotopic (exact) mass is 357 g/mol. The zero-order valence-corrected chi connectivity index (χ0v) is 15.6. The van der Waals surface area contributed by atoms with E-state index in [0.29, 0.717) is 0 Å². The van der Waals surface area contributed by atoms with Crippen LogP contribution in [0.1, 0.15) is 23.1 Å². The van der Waals surface area contributed by atoms with Crippen molar-refractivity contribution in [2.24, 2.45) is 0 Å². The quantitative estimate of drug-likeness (QED) is 0.544. The molecular formula is C25H27NO. The lowest BCUT2D eigenvalue weighted by Crippen LogP contribution is -2.39. The molecule has 0 bridgehead atoms. The van der Waals surface area contributed by atoms with Gasteiger partial charge in [0.25, 0.3) is 0 Å². The van der Waals surface area contributed by atoms with Crippen molar-refractivity contribution >= 4 is 0 Å². The largest absolute Gasteiger partial charge is 0.392 e. The summed E-state index contributed by atoms with van der Waals surface area (Å²) in [4.78, 5) is 0. The molecule has 0 amide bonds. The van der Waals surface area contributed by atoms with Gasteiger partial charge in [0, 0.05) is 18.5 Å². The maximum Gasteiger partial charge on any atom is 0.0612 e. The zero-order valence-electron chi connectivity index (χ0n) is 15.6. The smallest absolute Gasteiger partial charge is 0.0612 e. The summed E-state index contributed by atoms with van der Waals surface area (Å²) >= 11 is 0. The van der Waals surface area contributed by atoms with Gasteiger partial charge in [-0.2, -0.15) is 0 Å². The Morgan fingerprint density at radius 1 is 0.704 bits per heavy atom. The van der Waals surface area contributed by atoms with Crippen molar-refractivity contribution < 1.29 is 5.11 Å². The van der Waals surface area contributed by atoms with Crippen molar-refractivity contribution in [3.63, 3.8) is 0 Å². The Morgan fingerprint density at radius 2 is 1.22 bits per heavy atom. The first kappa shape index (κ1) is 19.1. The van der Waals surface area contributed by atoms with E-state index in [4.69, 9.17) is 0 Å². The van der Waals surface area contributed by atoms with Gasteiger partial charge < -0.3 is 10.4 Å². The Hall–Kier alpha value is -2.68. The minimum atomic E-state index is -0.191. The van der Waals surface area contributed by atoms with E-state index in [2.05, 4.69) is 96.3 Å². The van der Waals surface area contributed by atoms with Crippen molar-refractivity contribution in [1.82, 2.24) is 5.32 Å². The SMILES string of the molecule is OC/C=C/CC(CNCc1ccccc1)(c1ccccc1)c1ccccc1. The van der Waals surface area contributed by atoms with Crippen LogP contribution in [0.3, 0.4) is 0 Å². The number of rotatable bonds is 9. The molecule has 0 saturated carbocycles. The van der Waals surface area contributed by atoms with Gasteiger partial charge in [-0.1, -0.05) is 103 Å². The topological polar surface area (TPSA) is 32.3 Å². The Kier molecular flexibility index (Phi) is 6.97. The number of allylic oxidation sites excluding steroid dienone is 1. The molecule has 3 aromatic rings. The van der Waals surface area contributed by atoms with Crippen LogP contribution >= 0.6 is 0 Å². The third kappa shape index (κ3) is 4.94. The van der Waals surface area contributed by atoms with Gasteiger partial charge in [0.05, 0.1) is 6.61 Å². The molecule has 27 heavy (non-hydrogen) atoms. The number of aliphatic hydroxyl groups excluding tert-OH is 1. The van der Waals surface area contributed by atoms with Crippen LogP contribution in [0.15, 0.2) is 103 Å². The Morgan fingerprint density at radius 3 is 1.74 bits per heavy atom. The summed E-state index contributed by atoms with van der Waals surface area (Å²) < 4.78 is 0. The number of aliphatic hydroxyl groups is 1. The molecule has 0 aliphatic rings. The fraction of sp³-hybridized carbons (Fsp3) is 0.200. The van der Waals surface area contributed by atoms with E-state index in [1.54, 1.807) is 0 Å². The van der Waals surface area contributed by atoms with Gasteiger partial charge in [-0.05, 0) is 23.1 Å². The molecule has 0 aromatic heterocycles.